The molecule has 0 saturated heterocycles. The Morgan fingerprint density at radius 3 is 2.94 bits per heavy atom. The zero-order chi connectivity index (χ0) is 11.5. The number of esters is 1. The lowest BCUT2D eigenvalue weighted by Crippen LogP contribution is -2.07. The number of cyclic esters (lactones) is 1. The summed E-state index contributed by atoms with van der Waals surface area (Å²) in [6.07, 6.45) is -0.334. The molecule has 1 aromatic rings. The van der Waals surface area contributed by atoms with Gasteiger partial charge in [-0.25, -0.2) is 4.79 Å². The van der Waals surface area contributed by atoms with E-state index in [9.17, 15) is 9.59 Å². The first-order valence-electron chi connectivity index (χ1n) is 5.09. The summed E-state index contributed by atoms with van der Waals surface area (Å²) in [6.45, 7) is 1.76. The molecule has 2 rings (SSSR count). The van der Waals surface area contributed by atoms with Gasteiger partial charge in [0.25, 0.3) is 0 Å². The molecule has 1 aromatic carbocycles. The van der Waals surface area contributed by atoms with Crippen LogP contribution in [0.5, 0.6) is 0 Å². The number of hydrogen-bond donors (Lipinski definition) is 0. The predicted molar refractivity (Wildman–Crippen MR) is 55.8 cm³/mol. The van der Waals surface area contributed by atoms with Gasteiger partial charge in [0.1, 0.15) is 5.78 Å². The minimum absolute atomic E-state index is 0.0533. The van der Waals surface area contributed by atoms with Crippen LogP contribution in [0.4, 0.5) is 0 Å². The van der Waals surface area contributed by atoms with Crippen molar-refractivity contribution in [1.29, 1.82) is 0 Å². The van der Waals surface area contributed by atoms with Gasteiger partial charge in [-0.3, -0.25) is 4.79 Å². The largest absolute Gasteiger partial charge is 0.428 e. The van der Waals surface area contributed by atoms with Crippen LogP contribution < -0.4 is 0 Å². The van der Waals surface area contributed by atoms with Crippen molar-refractivity contribution < 1.29 is 19.1 Å². The summed E-state index contributed by atoms with van der Waals surface area (Å²) in [6, 6.07) is 7.09. The Hall–Kier alpha value is -1.68. The van der Waals surface area contributed by atoms with Crippen LogP contribution in [0, 0.1) is 0 Å². The van der Waals surface area contributed by atoms with Crippen LogP contribution in [0.2, 0.25) is 0 Å². The molecule has 0 N–H and O–H groups in total. The number of hydrogen-bond acceptors (Lipinski definition) is 4. The van der Waals surface area contributed by atoms with Gasteiger partial charge < -0.3 is 9.47 Å². The minimum atomic E-state index is -0.664. The smallest absolute Gasteiger partial charge is 0.341 e. The van der Waals surface area contributed by atoms with Gasteiger partial charge in [0.05, 0.1) is 12.2 Å². The van der Waals surface area contributed by atoms with Crippen LogP contribution in [-0.2, 0) is 14.3 Å². The molecule has 1 aliphatic heterocycles. The first-order valence-corrected chi connectivity index (χ1v) is 5.09. The molecular formula is C12H12O4. The molecular weight excluding hydrogens is 208 g/mol. The Morgan fingerprint density at radius 1 is 1.44 bits per heavy atom. The molecule has 0 radical (unpaired) electrons. The van der Waals surface area contributed by atoms with E-state index < -0.39 is 6.29 Å². The van der Waals surface area contributed by atoms with Crippen LogP contribution in [0.1, 0.15) is 35.6 Å². The van der Waals surface area contributed by atoms with E-state index in [1.807, 2.05) is 6.07 Å². The lowest BCUT2D eigenvalue weighted by Gasteiger charge is -2.10. The van der Waals surface area contributed by atoms with Crippen molar-refractivity contribution in [2.24, 2.45) is 0 Å². The van der Waals surface area contributed by atoms with Crippen LogP contribution in [-0.4, -0.2) is 18.4 Å². The Morgan fingerprint density at radius 2 is 2.19 bits per heavy atom. The number of Topliss-reactive ketones (excluding diaryl/α,β-unsaturated/α-hetero) is 1. The van der Waals surface area contributed by atoms with Gasteiger partial charge >= 0.3 is 5.97 Å². The summed E-state index contributed by atoms with van der Waals surface area (Å²) in [5.74, 6) is -0.318. The standard InChI is InChI=1S/C12H12O4/c1-8(13)6-7-15-12-10-5-3-2-4-9(10)11(14)16-12/h2-5,12H,6-7H2,1H3. The second-order valence-electron chi connectivity index (χ2n) is 3.65. The molecule has 0 saturated carbocycles. The number of carbonyl (C=O) groups is 2. The maximum atomic E-state index is 11.4. The highest BCUT2D eigenvalue weighted by Gasteiger charge is 2.30. The second-order valence-corrected chi connectivity index (χ2v) is 3.65. The van der Waals surface area contributed by atoms with Gasteiger partial charge in [-0.2, -0.15) is 0 Å². The van der Waals surface area contributed by atoms with E-state index in [4.69, 9.17) is 9.47 Å². The summed E-state index contributed by atoms with van der Waals surface area (Å²) < 4.78 is 10.4. The van der Waals surface area contributed by atoms with E-state index >= 15 is 0 Å². The van der Waals surface area contributed by atoms with E-state index in [2.05, 4.69) is 0 Å². The van der Waals surface area contributed by atoms with Crippen molar-refractivity contribution in [3.63, 3.8) is 0 Å². The number of rotatable bonds is 4. The van der Waals surface area contributed by atoms with Gasteiger partial charge in [0, 0.05) is 12.0 Å². The third-order valence-corrected chi connectivity index (χ3v) is 2.37. The average molecular weight is 220 g/mol. The van der Waals surface area contributed by atoms with E-state index in [0.29, 0.717) is 12.0 Å². The van der Waals surface area contributed by atoms with Gasteiger partial charge in [-0.15, -0.1) is 0 Å². The number of ketones is 1. The normalized spacial score (nSPS) is 18.1. The number of carbonyl (C=O) groups excluding carboxylic acids is 2. The summed E-state index contributed by atoms with van der Waals surface area (Å²) in [7, 11) is 0. The monoisotopic (exact) mass is 220 g/mol. The second kappa shape index (κ2) is 4.45. The van der Waals surface area contributed by atoms with Crippen molar-refractivity contribution in [3.8, 4) is 0 Å². The third-order valence-electron chi connectivity index (χ3n) is 2.37. The van der Waals surface area contributed by atoms with Crippen molar-refractivity contribution in [2.75, 3.05) is 6.61 Å². The molecule has 0 amide bonds. The fourth-order valence-electron chi connectivity index (χ4n) is 1.55. The summed E-state index contributed by atoms with van der Waals surface area (Å²) in [5.41, 5.74) is 1.27. The Bertz CT molecular complexity index is 425. The van der Waals surface area contributed by atoms with Gasteiger partial charge in [0.15, 0.2) is 0 Å². The SMILES string of the molecule is CC(=O)CCOC1OC(=O)c2ccccc21. The van der Waals surface area contributed by atoms with Gasteiger partial charge in [0.2, 0.25) is 6.29 Å². The van der Waals surface area contributed by atoms with Crippen molar-refractivity contribution in [1.82, 2.24) is 0 Å². The summed E-state index contributed by atoms with van der Waals surface area (Å²) in [5, 5.41) is 0. The highest BCUT2D eigenvalue weighted by atomic mass is 16.7. The van der Waals surface area contributed by atoms with E-state index in [-0.39, 0.29) is 18.4 Å². The zero-order valence-electron chi connectivity index (χ0n) is 8.93. The third kappa shape index (κ3) is 2.12. The maximum absolute atomic E-state index is 11.4. The number of benzene rings is 1. The van der Waals surface area contributed by atoms with Crippen molar-refractivity contribution in [3.05, 3.63) is 35.4 Å². The summed E-state index contributed by atoms with van der Waals surface area (Å²) >= 11 is 0. The van der Waals surface area contributed by atoms with Gasteiger partial charge in [-0.1, -0.05) is 18.2 Å². The molecule has 84 valence electrons. The molecule has 16 heavy (non-hydrogen) atoms. The lowest BCUT2D eigenvalue weighted by molar-refractivity contribution is -0.124. The summed E-state index contributed by atoms with van der Waals surface area (Å²) in [4.78, 5) is 22.1. The molecule has 1 heterocycles. The number of fused-ring (bicyclic) bond motifs is 1. The quantitative estimate of drug-likeness (QED) is 0.726. The van der Waals surface area contributed by atoms with Gasteiger partial charge in [-0.05, 0) is 13.0 Å². The molecule has 1 atom stereocenters. The van der Waals surface area contributed by atoms with E-state index in [1.165, 1.54) is 6.92 Å². The van der Waals surface area contributed by atoms with Crippen LogP contribution in [0.25, 0.3) is 0 Å². The maximum Gasteiger partial charge on any atom is 0.341 e. The Balaban J connectivity index is 2.03. The van der Waals surface area contributed by atoms with E-state index in [1.54, 1.807) is 18.2 Å². The molecule has 0 aromatic heterocycles. The van der Waals surface area contributed by atoms with E-state index in [0.717, 1.165) is 5.56 Å². The molecule has 0 bridgehead atoms. The highest BCUT2D eigenvalue weighted by molar-refractivity contribution is 5.93. The predicted octanol–water partition coefficient (Wildman–Crippen LogP) is 1.85. The van der Waals surface area contributed by atoms with Crippen LogP contribution in [0.3, 0.4) is 0 Å². The zero-order valence-corrected chi connectivity index (χ0v) is 8.93. The average Bonchev–Trinajstić information content (AvgIpc) is 2.57. The first kappa shape index (κ1) is 10.8. The topological polar surface area (TPSA) is 52.6 Å². The minimum Gasteiger partial charge on any atom is -0.428 e. The molecule has 0 spiro atoms. The molecule has 1 unspecified atom stereocenters. The molecule has 4 nitrogen and oxygen atoms in total. The van der Waals surface area contributed by atoms with Crippen LogP contribution in [0.15, 0.2) is 24.3 Å². The molecule has 4 heteroatoms. The van der Waals surface area contributed by atoms with Crippen molar-refractivity contribution in [2.45, 2.75) is 19.6 Å². The first-order chi connectivity index (χ1) is 7.68. The molecule has 0 fully saturated rings. The fourth-order valence-corrected chi connectivity index (χ4v) is 1.55. The van der Waals surface area contributed by atoms with Crippen LogP contribution >= 0.6 is 0 Å². The lowest BCUT2D eigenvalue weighted by atomic mass is 10.1. The molecule has 0 aliphatic carbocycles. The fraction of sp³-hybridized carbons (Fsp3) is 0.333. The molecule has 1 aliphatic rings. The number of ether oxygens (including phenoxy) is 2. The highest BCUT2D eigenvalue weighted by Crippen LogP contribution is 2.31. The Kier molecular flexibility index (Phi) is 3.01. The Labute approximate surface area is 93.2 Å². The van der Waals surface area contributed by atoms with Crippen molar-refractivity contribution >= 4 is 11.8 Å².